The van der Waals surface area contributed by atoms with Gasteiger partial charge in [-0.05, 0) is 57.8 Å². The van der Waals surface area contributed by atoms with Gasteiger partial charge in [0.1, 0.15) is 11.5 Å². The second-order valence-electron chi connectivity index (χ2n) is 10.4. The number of rotatable bonds is 6. The first-order chi connectivity index (χ1) is 18.0. The number of hydrogen-bond donors (Lipinski definition) is 2. The van der Waals surface area contributed by atoms with E-state index in [1.54, 1.807) is 12.4 Å². The van der Waals surface area contributed by atoms with Gasteiger partial charge in [-0.25, -0.2) is 9.48 Å². The molecule has 8 heteroatoms. The highest BCUT2D eigenvalue weighted by atomic mass is 16.7. The van der Waals surface area contributed by atoms with Gasteiger partial charge in [-0.3, -0.25) is 15.1 Å². The summed E-state index contributed by atoms with van der Waals surface area (Å²) in [5, 5.41) is 14.6. The molecule has 0 spiro atoms. The fourth-order valence-electron chi connectivity index (χ4n) is 4.78. The van der Waals surface area contributed by atoms with E-state index < -0.39 is 0 Å². The van der Waals surface area contributed by atoms with Crippen molar-refractivity contribution in [3.8, 4) is 5.69 Å². The Hall–Kier alpha value is -3.75. The Labute approximate surface area is 216 Å². The first-order valence-electron chi connectivity index (χ1n) is 13.0. The molecule has 0 atom stereocenters. The van der Waals surface area contributed by atoms with E-state index in [9.17, 15) is 4.79 Å². The lowest BCUT2D eigenvalue weighted by molar-refractivity contribution is 0.0295. The van der Waals surface area contributed by atoms with Gasteiger partial charge in [-0.15, -0.1) is 0 Å². The predicted octanol–water partition coefficient (Wildman–Crippen LogP) is 5.50. The van der Waals surface area contributed by atoms with Crippen LogP contribution in [0.1, 0.15) is 43.9 Å². The molecule has 2 amide bonds. The molecule has 2 fully saturated rings. The topological polar surface area (TPSA) is 84.3 Å². The SMILES string of the molecule is Cc1ccc(-n2nc(C3(C)CC3)cc2NC(=O)N(OC2CCNCC2)c2cncc3ccccc23)cc1. The van der Waals surface area contributed by atoms with E-state index in [1.165, 1.54) is 10.6 Å². The normalized spacial score (nSPS) is 17.0. The fourth-order valence-corrected chi connectivity index (χ4v) is 4.78. The Bertz CT molecular complexity index is 1410. The molecule has 2 N–H and O–H groups in total. The molecule has 2 aromatic carbocycles. The molecule has 0 unspecified atom stereocenters. The minimum atomic E-state index is -0.377. The minimum Gasteiger partial charge on any atom is -0.317 e. The number of carbonyl (C=O) groups excluding carboxylic acids is 1. The number of nitrogens with one attached hydrogen (secondary N) is 2. The first-order valence-corrected chi connectivity index (χ1v) is 13.0. The van der Waals surface area contributed by atoms with E-state index in [0.717, 1.165) is 60.9 Å². The number of urea groups is 1. The predicted molar refractivity (Wildman–Crippen MR) is 145 cm³/mol. The van der Waals surface area contributed by atoms with Crippen molar-refractivity contribution in [3.05, 3.63) is 78.2 Å². The molecule has 37 heavy (non-hydrogen) atoms. The summed E-state index contributed by atoms with van der Waals surface area (Å²) in [5.41, 5.74) is 3.72. The van der Waals surface area contributed by atoms with Crippen molar-refractivity contribution in [2.75, 3.05) is 23.5 Å². The smallest absolute Gasteiger partial charge is 0.317 e. The second kappa shape index (κ2) is 9.61. The van der Waals surface area contributed by atoms with Gasteiger partial charge in [-0.1, -0.05) is 48.9 Å². The van der Waals surface area contributed by atoms with Crippen LogP contribution in [-0.2, 0) is 10.3 Å². The standard InChI is InChI=1S/C29H32N6O2/c1-20-7-9-22(10-8-20)34-27(17-26(33-34)29(2)13-14-29)32-28(36)35(37-23-11-15-30-16-12-23)25-19-31-18-21-5-3-4-6-24(21)25/h3-10,17-19,23,30H,11-16H2,1-2H3,(H,32,36). The monoisotopic (exact) mass is 496 g/mol. The number of piperidine rings is 1. The van der Waals surface area contributed by atoms with Crippen LogP contribution in [0.4, 0.5) is 16.3 Å². The van der Waals surface area contributed by atoms with Gasteiger partial charge in [0.15, 0.2) is 0 Å². The average molecular weight is 497 g/mol. The number of nitrogens with zero attached hydrogens (tertiary/aromatic N) is 4. The number of amides is 2. The number of anilines is 2. The number of aryl methyl sites for hydroxylation is 1. The molecule has 3 heterocycles. The summed E-state index contributed by atoms with van der Waals surface area (Å²) in [7, 11) is 0. The van der Waals surface area contributed by atoms with E-state index in [-0.39, 0.29) is 17.6 Å². The Morgan fingerprint density at radius 1 is 1.11 bits per heavy atom. The maximum absolute atomic E-state index is 13.9. The quantitative estimate of drug-likeness (QED) is 0.344. The molecular formula is C29H32N6O2. The largest absolute Gasteiger partial charge is 0.351 e. The Morgan fingerprint density at radius 2 is 1.86 bits per heavy atom. The summed E-state index contributed by atoms with van der Waals surface area (Å²) in [6.07, 6.45) is 7.26. The number of hydrogen-bond acceptors (Lipinski definition) is 5. The van der Waals surface area contributed by atoms with Gasteiger partial charge < -0.3 is 5.32 Å². The van der Waals surface area contributed by atoms with Crippen LogP contribution in [0.3, 0.4) is 0 Å². The lowest BCUT2D eigenvalue weighted by Crippen LogP contribution is -2.42. The van der Waals surface area contributed by atoms with Crippen LogP contribution in [-0.4, -0.2) is 40.0 Å². The molecule has 8 nitrogen and oxygen atoms in total. The van der Waals surface area contributed by atoms with E-state index in [2.05, 4.69) is 41.6 Å². The number of hydroxylamine groups is 1. The summed E-state index contributed by atoms with van der Waals surface area (Å²) < 4.78 is 1.82. The zero-order valence-corrected chi connectivity index (χ0v) is 21.3. The zero-order valence-electron chi connectivity index (χ0n) is 21.3. The molecule has 1 aliphatic carbocycles. The summed E-state index contributed by atoms with van der Waals surface area (Å²) >= 11 is 0. The molecule has 4 aromatic rings. The van der Waals surface area contributed by atoms with Crippen LogP contribution >= 0.6 is 0 Å². The maximum atomic E-state index is 13.9. The molecule has 1 saturated carbocycles. The highest BCUT2D eigenvalue weighted by Crippen LogP contribution is 2.47. The lowest BCUT2D eigenvalue weighted by Gasteiger charge is -2.30. The molecule has 1 aliphatic heterocycles. The molecule has 0 radical (unpaired) electrons. The number of aromatic nitrogens is 3. The van der Waals surface area contributed by atoms with Crippen molar-refractivity contribution in [3.63, 3.8) is 0 Å². The minimum absolute atomic E-state index is 0.0558. The second-order valence-corrected chi connectivity index (χ2v) is 10.4. The summed E-state index contributed by atoms with van der Waals surface area (Å²) in [6.45, 7) is 5.99. The number of carbonyl (C=O) groups is 1. The molecule has 2 aliphatic rings. The molecular weight excluding hydrogens is 464 g/mol. The van der Waals surface area contributed by atoms with Crippen molar-refractivity contribution in [2.24, 2.45) is 0 Å². The summed E-state index contributed by atoms with van der Waals surface area (Å²) in [5.74, 6) is 0.615. The lowest BCUT2D eigenvalue weighted by atomic mass is 10.1. The van der Waals surface area contributed by atoms with E-state index in [0.29, 0.717) is 11.5 Å². The third-order valence-electron chi connectivity index (χ3n) is 7.43. The first kappa shape index (κ1) is 23.6. The van der Waals surface area contributed by atoms with Crippen LogP contribution in [0.5, 0.6) is 0 Å². The molecule has 2 aromatic heterocycles. The number of benzene rings is 2. The Morgan fingerprint density at radius 3 is 2.62 bits per heavy atom. The molecule has 0 bridgehead atoms. The van der Waals surface area contributed by atoms with Crippen LogP contribution in [0.2, 0.25) is 0 Å². The van der Waals surface area contributed by atoms with Gasteiger partial charge >= 0.3 is 6.03 Å². The van der Waals surface area contributed by atoms with Crippen LogP contribution in [0.15, 0.2) is 67.0 Å². The van der Waals surface area contributed by atoms with Gasteiger partial charge in [0.25, 0.3) is 0 Å². The van der Waals surface area contributed by atoms with Crippen LogP contribution < -0.4 is 15.7 Å². The average Bonchev–Trinajstić information content (AvgIpc) is 3.54. The fraction of sp³-hybridized carbons (Fsp3) is 0.345. The maximum Gasteiger partial charge on any atom is 0.351 e. The Balaban J connectivity index is 1.37. The van der Waals surface area contributed by atoms with Crippen molar-refractivity contribution in [1.29, 1.82) is 0 Å². The van der Waals surface area contributed by atoms with E-state index >= 15 is 0 Å². The van der Waals surface area contributed by atoms with Crippen molar-refractivity contribution >= 4 is 28.3 Å². The summed E-state index contributed by atoms with van der Waals surface area (Å²) in [4.78, 5) is 24.7. The zero-order chi connectivity index (χ0) is 25.4. The van der Waals surface area contributed by atoms with E-state index in [1.807, 2.05) is 47.1 Å². The number of fused-ring (bicyclic) bond motifs is 1. The van der Waals surface area contributed by atoms with Crippen molar-refractivity contribution < 1.29 is 9.63 Å². The van der Waals surface area contributed by atoms with Crippen molar-refractivity contribution in [2.45, 2.75) is 51.0 Å². The highest BCUT2D eigenvalue weighted by molar-refractivity contribution is 6.06. The number of pyridine rings is 1. The third-order valence-corrected chi connectivity index (χ3v) is 7.43. The van der Waals surface area contributed by atoms with E-state index in [4.69, 9.17) is 9.94 Å². The van der Waals surface area contributed by atoms with Gasteiger partial charge in [0.2, 0.25) is 0 Å². The van der Waals surface area contributed by atoms with Crippen molar-refractivity contribution in [1.82, 2.24) is 20.1 Å². The van der Waals surface area contributed by atoms with Crippen LogP contribution in [0.25, 0.3) is 16.5 Å². The molecule has 190 valence electrons. The molecule has 1 saturated heterocycles. The van der Waals surface area contributed by atoms with Crippen LogP contribution in [0, 0.1) is 6.92 Å². The molecule has 6 rings (SSSR count). The Kier molecular flexibility index (Phi) is 6.14. The van der Waals surface area contributed by atoms with Gasteiger partial charge in [0, 0.05) is 28.5 Å². The van der Waals surface area contributed by atoms with Gasteiger partial charge in [0.05, 0.1) is 23.7 Å². The highest BCUT2D eigenvalue weighted by Gasteiger charge is 2.42. The van der Waals surface area contributed by atoms with Gasteiger partial charge in [-0.2, -0.15) is 10.2 Å². The third kappa shape index (κ3) is 4.82. The summed E-state index contributed by atoms with van der Waals surface area (Å²) in [6, 6.07) is 17.7.